The molecular weight excluding hydrogens is 466 g/mol. The van der Waals surface area contributed by atoms with Gasteiger partial charge in [0.05, 0.1) is 31.8 Å². The molecule has 8 nitrogen and oxygen atoms in total. The first-order valence-electron chi connectivity index (χ1n) is 9.05. The predicted molar refractivity (Wildman–Crippen MR) is 98.0 cm³/mol. The number of ether oxygens (including phenoxy) is 2. The zero-order chi connectivity index (χ0) is 25.7. The highest BCUT2D eigenvalue weighted by molar-refractivity contribution is 5.97. The molecule has 0 aliphatic heterocycles. The third kappa shape index (κ3) is 7.36. The zero-order valence-corrected chi connectivity index (χ0v) is 17.5. The van der Waals surface area contributed by atoms with Gasteiger partial charge in [-0.1, -0.05) is 6.92 Å². The van der Waals surface area contributed by atoms with E-state index in [4.69, 9.17) is 5.73 Å². The lowest BCUT2D eigenvalue weighted by molar-refractivity contribution is -0.162. The van der Waals surface area contributed by atoms with Crippen LogP contribution in [-0.2, 0) is 47.4 Å². The molecule has 0 aliphatic rings. The number of carbonyl (C=O) groups excluding carboxylic acids is 4. The monoisotopic (exact) mass is 486 g/mol. The first-order valence-corrected chi connectivity index (χ1v) is 9.05. The van der Waals surface area contributed by atoms with Crippen LogP contribution in [0, 0.1) is 11.8 Å². The standard InChI is InChI=1S/C19H20F6N2O6/c1-8(13(16(30)32-2)17(31)33-3)14(15(26)29)27-12(28)6-9-4-10(18(20,21)22)7-11(5-9)19(23,24)25/h4-5,7-8,13-14H,6H2,1-3H3,(H2,26,29)(H,27,28)/t8-,14-/m1/s1. The van der Waals surface area contributed by atoms with Crippen LogP contribution in [0.5, 0.6) is 0 Å². The van der Waals surface area contributed by atoms with Crippen LogP contribution in [0.15, 0.2) is 18.2 Å². The number of nitrogens with one attached hydrogen (secondary N) is 1. The van der Waals surface area contributed by atoms with E-state index in [0.717, 1.165) is 14.2 Å². The summed E-state index contributed by atoms with van der Waals surface area (Å²) in [5.41, 5.74) is 1.30. The molecule has 184 valence electrons. The molecular formula is C19H20F6N2O6. The zero-order valence-electron chi connectivity index (χ0n) is 17.5. The molecule has 0 aliphatic carbocycles. The summed E-state index contributed by atoms with van der Waals surface area (Å²) in [7, 11) is 1.88. The maximum absolute atomic E-state index is 13.0. The Morgan fingerprint density at radius 1 is 0.909 bits per heavy atom. The lowest BCUT2D eigenvalue weighted by Gasteiger charge is -2.26. The first-order chi connectivity index (χ1) is 15.0. The summed E-state index contributed by atoms with van der Waals surface area (Å²) in [6.07, 6.45) is -11.2. The number of benzene rings is 1. The maximum atomic E-state index is 13.0. The van der Waals surface area contributed by atoms with Gasteiger partial charge in [0, 0.05) is 5.92 Å². The second kappa shape index (κ2) is 10.5. The maximum Gasteiger partial charge on any atom is 0.416 e. The molecule has 0 radical (unpaired) electrons. The van der Waals surface area contributed by atoms with Gasteiger partial charge in [0.25, 0.3) is 0 Å². The van der Waals surface area contributed by atoms with E-state index in [-0.39, 0.29) is 6.07 Å². The normalized spacial score (nSPS) is 13.8. The van der Waals surface area contributed by atoms with Gasteiger partial charge >= 0.3 is 24.3 Å². The number of amides is 2. The summed E-state index contributed by atoms with van der Waals surface area (Å²) < 4.78 is 86.8. The van der Waals surface area contributed by atoms with Crippen LogP contribution in [-0.4, -0.2) is 44.0 Å². The van der Waals surface area contributed by atoms with Crippen molar-refractivity contribution in [2.24, 2.45) is 17.6 Å². The highest BCUT2D eigenvalue weighted by Gasteiger charge is 2.41. The van der Waals surface area contributed by atoms with E-state index >= 15 is 0 Å². The van der Waals surface area contributed by atoms with E-state index < -0.39 is 77.1 Å². The molecule has 0 unspecified atom stereocenters. The minimum absolute atomic E-state index is 0.104. The summed E-state index contributed by atoms with van der Waals surface area (Å²) in [5.74, 6) is -7.70. The fourth-order valence-corrected chi connectivity index (χ4v) is 2.96. The Morgan fingerprint density at radius 2 is 1.33 bits per heavy atom. The van der Waals surface area contributed by atoms with E-state index in [1.165, 1.54) is 6.92 Å². The van der Waals surface area contributed by atoms with Crippen LogP contribution in [0.25, 0.3) is 0 Å². The molecule has 0 spiro atoms. The van der Waals surface area contributed by atoms with Crippen LogP contribution >= 0.6 is 0 Å². The van der Waals surface area contributed by atoms with Gasteiger partial charge < -0.3 is 20.5 Å². The van der Waals surface area contributed by atoms with Crippen molar-refractivity contribution in [3.63, 3.8) is 0 Å². The number of esters is 2. The minimum Gasteiger partial charge on any atom is -0.468 e. The summed E-state index contributed by atoms with van der Waals surface area (Å²) in [6.45, 7) is 1.17. The highest BCUT2D eigenvalue weighted by atomic mass is 19.4. The number of primary amides is 1. The molecule has 3 N–H and O–H groups in total. The van der Waals surface area contributed by atoms with E-state index in [1.807, 2.05) is 5.32 Å². The Balaban J connectivity index is 3.23. The van der Waals surface area contributed by atoms with E-state index in [1.54, 1.807) is 0 Å². The van der Waals surface area contributed by atoms with E-state index in [2.05, 4.69) is 9.47 Å². The van der Waals surface area contributed by atoms with Gasteiger partial charge in [0.1, 0.15) is 6.04 Å². The van der Waals surface area contributed by atoms with Gasteiger partial charge in [-0.15, -0.1) is 0 Å². The quantitative estimate of drug-likeness (QED) is 0.328. The molecule has 0 heterocycles. The number of rotatable bonds is 8. The van der Waals surface area contributed by atoms with Gasteiger partial charge in [-0.05, 0) is 23.8 Å². The number of methoxy groups -OCH3 is 2. The van der Waals surface area contributed by atoms with Crippen molar-refractivity contribution in [1.29, 1.82) is 0 Å². The highest BCUT2D eigenvalue weighted by Crippen LogP contribution is 2.36. The fraction of sp³-hybridized carbons (Fsp3) is 0.474. The Hall–Kier alpha value is -3.32. The molecule has 33 heavy (non-hydrogen) atoms. The summed E-state index contributed by atoms with van der Waals surface area (Å²) in [4.78, 5) is 48.0. The number of hydrogen-bond acceptors (Lipinski definition) is 6. The lowest BCUT2D eigenvalue weighted by atomic mass is 9.86. The Bertz CT molecular complexity index is 867. The van der Waals surface area contributed by atoms with Crippen molar-refractivity contribution in [3.05, 3.63) is 34.9 Å². The molecule has 2 atom stereocenters. The number of halogens is 6. The van der Waals surface area contributed by atoms with Gasteiger partial charge in [-0.25, -0.2) is 0 Å². The molecule has 1 aromatic rings. The van der Waals surface area contributed by atoms with Crippen LogP contribution < -0.4 is 11.1 Å². The molecule has 0 saturated carbocycles. The van der Waals surface area contributed by atoms with Gasteiger partial charge in [-0.2, -0.15) is 26.3 Å². The Morgan fingerprint density at radius 3 is 1.67 bits per heavy atom. The molecule has 0 bridgehead atoms. The first kappa shape index (κ1) is 27.7. The molecule has 2 amide bonds. The smallest absolute Gasteiger partial charge is 0.416 e. The van der Waals surface area contributed by atoms with Crippen LogP contribution in [0.1, 0.15) is 23.6 Å². The second-order valence-corrected chi connectivity index (χ2v) is 6.92. The second-order valence-electron chi connectivity index (χ2n) is 6.92. The predicted octanol–water partition coefficient (Wildman–Crippen LogP) is 1.84. The number of nitrogens with two attached hydrogens (primary N) is 1. The molecule has 0 saturated heterocycles. The molecule has 0 aromatic heterocycles. The molecule has 14 heteroatoms. The lowest BCUT2D eigenvalue weighted by Crippen LogP contribution is -2.53. The third-order valence-electron chi connectivity index (χ3n) is 4.60. The van der Waals surface area contributed by atoms with Crippen molar-refractivity contribution >= 4 is 23.8 Å². The number of hydrogen-bond donors (Lipinski definition) is 2. The summed E-state index contributed by atoms with van der Waals surface area (Å²) in [6, 6.07) is -1.12. The van der Waals surface area contributed by atoms with E-state index in [9.17, 15) is 45.5 Å². The van der Waals surface area contributed by atoms with Crippen molar-refractivity contribution < 1.29 is 55.0 Å². The van der Waals surface area contributed by atoms with Crippen LogP contribution in [0.2, 0.25) is 0 Å². The summed E-state index contributed by atoms with van der Waals surface area (Å²) >= 11 is 0. The molecule has 1 aromatic carbocycles. The van der Waals surface area contributed by atoms with Crippen LogP contribution in [0.4, 0.5) is 26.3 Å². The minimum atomic E-state index is -5.12. The van der Waals surface area contributed by atoms with Gasteiger partial charge in [0.2, 0.25) is 11.8 Å². The Kier molecular flexibility index (Phi) is 8.84. The largest absolute Gasteiger partial charge is 0.468 e. The molecule has 0 fully saturated rings. The topological polar surface area (TPSA) is 125 Å². The number of carbonyl (C=O) groups is 4. The molecule has 1 rings (SSSR count). The fourth-order valence-electron chi connectivity index (χ4n) is 2.96. The van der Waals surface area contributed by atoms with Crippen molar-refractivity contribution in [2.75, 3.05) is 14.2 Å². The van der Waals surface area contributed by atoms with E-state index in [0.29, 0.717) is 12.1 Å². The SMILES string of the molecule is COC(=O)C(C(=O)OC)[C@@H](C)[C@@H](NC(=O)Cc1cc(C(F)(F)F)cc(C(F)(F)F)c1)C(N)=O. The third-order valence-corrected chi connectivity index (χ3v) is 4.60. The average molecular weight is 486 g/mol. The number of alkyl halides is 6. The Labute approximate surface area is 183 Å². The van der Waals surface area contributed by atoms with Gasteiger partial charge in [-0.3, -0.25) is 19.2 Å². The van der Waals surface area contributed by atoms with Crippen molar-refractivity contribution in [3.8, 4) is 0 Å². The summed E-state index contributed by atoms with van der Waals surface area (Å²) in [5, 5.41) is 2.03. The average Bonchev–Trinajstić information content (AvgIpc) is 2.69. The van der Waals surface area contributed by atoms with Crippen molar-refractivity contribution in [2.45, 2.75) is 31.7 Å². The van der Waals surface area contributed by atoms with Crippen LogP contribution in [0.3, 0.4) is 0 Å². The van der Waals surface area contributed by atoms with Crippen molar-refractivity contribution in [1.82, 2.24) is 5.32 Å². The van der Waals surface area contributed by atoms with Gasteiger partial charge in [0.15, 0.2) is 5.92 Å².